The number of ether oxygens (including phenoxy) is 3. The number of carbonyl (C=O) groups is 4. The number of piperidine rings is 1. The summed E-state index contributed by atoms with van der Waals surface area (Å²) in [5, 5.41) is 26.6. The van der Waals surface area contributed by atoms with Crippen LogP contribution in [0.2, 0.25) is 5.02 Å². The molecule has 4 N–H and O–H groups in total. The number of aliphatic hydroxyl groups excluding tert-OH is 1. The van der Waals surface area contributed by atoms with Gasteiger partial charge in [0.1, 0.15) is 17.7 Å². The van der Waals surface area contributed by atoms with Crippen molar-refractivity contribution >= 4 is 35.7 Å². The molecule has 0 aliphatic carbocycles. The standard InChI is InChI=1S/C28H42ClN3O9/c1-17(2)21(31-24(36)30-14-27(6,7)41-25(37)40-16-39-23(35)18(3)33)22(34)32-13-12-28(38,26(4,5)15-32)19-8-10-20(29)11-9-19/h8-11,17-18,21,33,38H,12-16H2,1-7H3,(H2,30,31,36)/t18?,21-,28+/m1/s1. The largest absolute Gasteiger partial charge is 0.511 e. The number of nitrogens with one attached hydrogen (secondary N) is 2. The van der Waals surface area contributed by atoms with Gasteiger partial charge in [-0.15, -0.1) is 0 Å². The number of halogens is 1. The number of aliphatic hydroxyl groups is 2. The summed E-state index contributed by atoms with van der Waals surface area (Å²) in [6.45, 7) is 11.4. The third-order valence-corrected chi connectivity index (χ3v) is 7.31. The third-order valence-electron chi connectivity index (χ3n) is 7.06. The van der Waals surface area contributed by atoms with Crippen molar-refractivity contribution in [3.63, 3.8) is 0 Å². The van der Waals surface area contributed by atoms with Crippen molar-refractivity contribution in [3.05, 3.63) is 34.9 Å². The Balaban J connectivity index is 1.94. The molecular formula is C28H42ClN3O9. The molecular weight excluding hydrogens is 558 g/mol. The number of hydrogen-bond acceptors (Lipinski definition) is 9. The van der Waals surface area contributed by atoms with Gasteiger partial charge < -0.3 is 40.0 Å². The smallest absolute Gasteiger partial charge is 0.426 e. The van der Waals surface area contributed by atoms with Crippen LogP contribution in [-0.2, 0) is 29.4 Å². The van der Waals surface area contributed by atoms with Crippen LogP contribution in [0.5, 0.6) is 0 Å². The van der Waals surface area contributed by atoms with E-state index in [0.717, 1.165) is 5.56 Å². The Hall–Kier alpha value is -3.09. The summed E-state index contributed by atoms with van der Waals surface area (Å²) < 4.78 is 14.3. The van der Waals surface area contributed by atoms with Crippen molar-refractivity contribution in [2.24, 2.45) is 11.3 Å². The normalized spacial score (nSPS) is 20.0. The minimum atomic E-state index is -1.37. The molecule has 12 nitrogen and oxygen atoms in total. The fourth-order valence-corrected chi connectivity index (χ4v) is 4.64. The molecule has 0 radical (unpaired) electrons. The maximum absolute atomic E-state index is 13.5. The van der Waals surface area contributed by atoms with Crippen LogP contribution in [0, 0.1) is 11.3 Å². The highest BCUT2D eigenvalue weighted by Crippen LogP contribution is 2.46. The van der Waals surface area contributed by atoms with Crippen LogP contribution in [-0.4, -0.2) is 83.3 Å². The van der Waals surface area contributed by atoms with Gasteiger partial charge in [0.2, 0.25) is 12.7 Å². The quantitative estimate of drug-likeness (QED) is 0.234. The molecule has 1 aromatic rings. The summed E-state index contributed by atoms with van der Waals surface area (Å²) in [6.07, 6.45) is -2.20. The minimum Gasteiger partial charge on any atom is -0.426 e. The number of benzene rings is 1. The van der Waals surface area contributed by atoms with E-state index in [0.29, 0.717) is 18.0 Å². The average Bonchev–Trinajstić information content (AvgIpc) is 2.87. The zero-order chi connectivity index (χ0) is 31.2. The Labute approximate surface area is 245 Å². The van der Waals surface area contributed by atoms with E-state index >= 15 is 0 Å². The maximum Gasteiger partial charge on any atom is 0.511 e. The fourth-order valence-electron chi connectivity index (χ4n) is 4.51. The number of carbonyl (C=O) groups excluding carboxylic acids is 4. The van der Waals surface area contributed by atoms with Gasteiger partial charge in [0.05, 0.1) is 12.1 Å². The highest BCUT2D eigenvalue weighted by molar-refractivity contribution is 6.30. The van der Waals surface area contributed by atoms with Crippen molar-refractivity contribution in [2.45, 2.75) is 78.2 Å². The van der Waals surface area contributed by atoms with Crippen LogP contribution < -0.4 is 10.6 Å². The molecule has 0 spiro atoms. The molecule has 3 amide bonds. The molecule has 0 bridgehead atoms. The molecule has 0 saturated carbocycles. The summed E-state index contributed by atoms with van der Waals surface area (Å²) in [5.74, 6) is -1.47. The molecule has 3 atom stereocenters. The van der Waals surface area contributed by atoms with E-state index in [9.17, 15) is 24.3 Å². The van der Waals surface area contributed by atoms with Crippen molar-refractivity contribution in [2.75, 3.05) is 26.4 Å². The number of amides is 3. The van der Waals surface area contributed by atoms with Crippen molar-refractivity contribution in [1.82, 2.24) is 15.5 Å². The SMILES string of the molecule is CC(O)C(=O)OCOC(=O)OC(C)(C)CNC(=O)N[C@@H](C(=O)N1CC[C@](O)(c2ccc(Cl)cc2)C(C)(C)C1)C(C)C. The first-order chi connectivity index (χ1) is 18.9. The van der Waals surface area contributed by atoms with Gasteiger partial charge in [-0.1, -0.05) is 51.4 Å². The number of hydrogen-bond donors (Lipinski definition) is 4. The van der Waals surface area contributed by atoms with Crippen LogP contribution in [0.4, 0.5) is 9.59 Å². The summed E-state index contributed by atoms with van der Waals surface area (Å²) in [6, 6.07) is 5.56. The second-order valence-electron chi connectivity index (χ2n) is 11.8. The van der Waals surface area contributed by atoms with E-state index in [1.807, 2.05) is 27.7 Å². The zero-order valence-electron chi connectivity index (χ0n) is 24.7. The first kappa shape index (κ1) is 34.1. The minimum absolute atomic E-state index is 0.120. The van der Waals surface area contributed by atoms with E-state index in [2.05, 4.69) is 20.1 Å². The molecule has 1 saturated heterocycles. The summed E-state index contributed by atoms with van der Waals surface area (Å²) in [7, 11) is 0. The molecule has 13 heteroatoms. The molecule has 1 unspecified atom stereocenters. The van der Waals surface area contributed by atoms with Crippen LogP contribution in [0.15, 0.2) is 24.3 Å². The van der Waals surface area contributed by atoms with Gasteiger partial charge in [0.25, 0.3) is 0 Å². The summed E-state index contributed by atoms with van der Waals surface area (Å²) in [5.41, 5.74) is -2.34. The van der Waals surface area contributed by atoms with Gasteiger partial charge in [-0.05, 0) is 50.8 Å². The lowest BCUT2D eigenvalue weighted by Crippen LogP contribution is -2.61. The Morgan fingerprint density at radius 1 is 1.10 bits per heavy atom. The lowest BCUT2D eigenvalue weighted by Gasteiger charge is -2.51. The van der Waals surface area contributed by atoms with E-state index in [-0.39, 0.29) is 24.9 Å². The number of likely N-dealkylation sites (tertiary alicyclic amines) is 1. The van der Waals surface area contributed by atoms with Crippen molar-refractivity contribution in [1.29, 1.82) is 0 Å². The van der Waals surface area contributed by atoms with Crippen LogP contribution >= 0.6 is 11.6 Å². The van der Waals surface area contributed by atoms with E-state index in [4.69, 9.17) is 21.4 Å². The van der Waals surface area contributed by atoms with Crippen LogP contribution in [0.3, 0.4) is 0 Å². The van der Waals surface area contributed by atoms with Gasteiger partial charge in [-0.25, -0.2) is 14.4 Å². The van der Waals surface area contributed by atoms with Gasteiger partial charge in [0.15, 0.2) is 0 Å². The maximum atomic E-state index is 13.5. The second kappa shape index (κ2) is 13.7. The van der Waals surface area contributed by atoms with Gasteiger partial charge >= 0.3 is 18.2 Å². The summed E-state index contributed by atoms with van der Waals surface area (Å²) >= 11 is 6.02. The Morgan fingerprint density at radius 2 is 1.71 bits per heavy atom. The molecule has 0 aromatic heterocycles. The Kier molecular flexibility index (Phi) is 11.4. The van der Waals surface area contributed by atoms with Crippen LogP contribution in [0.25, 0.3) is 0 Å². The molecule has 230 valence electrons. The number of nitrogens with zero attached hydrogens (tertiary/aromatic N) is 1. The van der Waals surface area contributed by atoms with Crippen molar-refractivity contribution < 1.29 is 43.6 Å². The summed E-state index contributed by atoms with van der Waals surface area (Å²) in [4.78, 5) is 51.0. The number of rotatable bonds is 10. The molecule has 1 aliphatic rings. The predicted molar refractivity (Wildman–Crippen MR) is 150 cm³/mol. The average molecular weight is 600 g/mol. The lowest BCUT2D eigenvalue weighted by molar-refractivity contribution is -0.163. The molecule has 1 heterocycles. The van der Waals surface area contributed by atoms with Crippen molar-refractivity contribution in [3.8, 4) is 0 Å². The van der Waals surface area contributed by atoms with E-state index < -0.39 is 53.7 Å². The zero-order valence-corrected chi connectivity index (χ0v) is 25.4. The monoisotopic (exact) mass is 599 g/mol. The number of esters is 1. The van der Waals surface area contributed by atoms with Gasteiger partial charge in [-0.3, -0.25) is 4.79 Å². The Bertz CT molecular complexity index is 1090. The van der Waals surface area contributed by atoms with E-state index in [1.54, 1.807) is 29.2 Å². The molecule has 2 rings (SSSR count). The molecule has 1 aliphatic heterocycles. The number of urea groups is 1. The first-order valence-electron chi connectivity index (χ1n) is 13.4. The Morgan fingerprint density at radius 3 is 2.24 bits per heavy atom. The third kappa shape index (κ3) is 9.20. The second-order valence-corrected chi connectivity index (χ2v) is 12.3. The highest BCUT2D eigenvalue weighted by atomic mass is 35.5. The van der Waals surface area contributed by atoms with E-state index in [1.165, 1.54) is 20.8 Å². The van der Waals surface area contributed by atoms with Gasteiger partial charge in [-0.2, -0.15) is 0 Å². The lowest BCUT2D eigenvalue weighted by atomic mass is 9.66. The van der Waals surface area contributed by atoms with Crippen LogP contribution in [0.1, 0.15) is 60.5 Å². The molecule has 41 heavy (non-hydrogen) atoms. The topological polar surface area (TPSA) is 164 Å². The predicted octanol–water partition coefficient (Wildman–Crippen LogP) is 2.92. The van der Waals surface area contributed by atoms with Gasteiger partial charge in [0, 0.05) is 23.5 Å². The molecule has 1 fully saturated rings. The first-order valence-corrected chi connectivity index (χ1v) is 13.8. The highest BCUT2D eigenvalue weighted by Gasteiger charge is 2.50. The fraction of sp³-hybridized carbons (Fsp3) is 0.643. The molecule has 1 aromatic carbocycles.